The largest absolute Gasteiger partial charge is 0.454 e. The summed E-state index contributed by atoms with van der Waals surface area (Å²) in [6.45, 7) is 2.11. The van der Waals surface area contributed by atoms with Crippen molar-refractivity contribution in [3.05, 3.63) is 46.5 Å². The Bertz CT molecular complexity index is 908. The van der Waals surface area contributed by atoms with E-state index in [1.54, 1.807) is 0 Å². The van der Waals surface area contributed by atoms with E-state index in [2.05, 4.69) is 15.0 Å². The number of rotatable bonds is 2. The molecule has 0 atom stereocenters. The van der Waals surface area contributed by atoms with E-state index in [1.807, 2.05) is 37.4 Å². The Morgan fingerprint density at radius 3 is 2.74 bits per heavy atom. The average molecular weight is 348 g/mol. The minimum Gasteiger partial charge on any atom is -0.454 e. The second-order valence-electron chi connectivity index (χ2n) is 5.13. The van der Waals surface area contributed by atoms with Gasteiger partial charge in [0.15, 0.2) is 11.5 Å². The van der Waals surface area contributed by atoms with Crippen LogP contribution < -0.4 is 9.47 Å². The lowest BCUT2D eigenvalue weighted by atomic mass is 10.1. The van der Waals surface area contributed by atoms with Crippen LogP contribution in [-0.2, 0) is 0 Å². The third-order valence-corrected chi connectivity index (χ3v) is 4.24. The molecule has 1 N–H and O–H groups in total. The molecule has 5 nitrogen and oxygen atoms in total. The Balaban J connectivity index is 1.75. The standard InChI is InChI=1S/C16H11Cl2N3O2/c1-8-14(20-16(18)21-15(8)17)11-4-10(6-19-11)9-2-3-12-13(5-9)23-7-22-12/h2-6,19H,7H2,1H3. The van der Waals surface area contributed by atoms with E-state index in [4.69, 9.17) is 32.7 Å². The van der Waals surface area contributed by atoms with Crippen molar-refractivity contribution < 1.29 is 9.47 Å². The first kappa shape index (κ1) is 14.4. The average Bonchev–Trinajstić information content (AvgIpc) is 3.18. The fourth-order valence-electron chi connectivity index (χ4n) is 2.50. The minimum atomic E-state index is 0.120. The minimum absolute atomic E-state index is 0.120. The number of ether oxygens (including phenoxy) is 2. The zero-order chi connectivity index (χ0) is 16.0. The molecule has 0 radical (unpaired) electrons. The lowest BCUT2D eigenvalue weighted by Crippen LogP contribution is -1.93. The molecule has 0 saturated heterocycles. The maximum absolute atomic E-state index is 6.08. The van der Waals surface area contributed by atoms with E-state index in [9.17, 15) is 0 Å². The Morgan fingerprint density at radius 1 is 1.04 bits per heavy atom. The van der Waals surface area contributed by atoms with Crippen molar-refractivity contribution in [2.75, 3.05) is 6.79 Å². The van der Waals surface area contributed by atoms with E-state index in [0.717, 1.165) is 33.9 Å². The molecule has 4 rings (SSSR count). The van der Waals surface area contributed by atoms with Gasteiger partial charge in [0.05, 0.1) is 11.4 Å². The van der Waals surface area contributed by atoms with E-state index in [-0.39, 0.29) is 12.1 Å². The molecule has 0 fully saturated rings. The van der Waals surface area contributed by atoms with Crippen molar-refractivity contribution in [3.63, 3.8) is 0 Å². The van der Waals surface area contributed by atoms with Crippen molar-refractivity contribution in [2.24, 2.45) is 0 Å². The van der Waals surface area contributed by atoms with Gasteiger partial charge >= 0.3 is 0 Å². The van der Waals surface area contributed by atoms with Crippen LogP contribution in [0.1, 0.15) is 5.56 Å². The van der Waals surface area contributed by atoms with E-state index in [1.165, 1.54) is 0 Å². The van der Waals surface area contributed by atoms with Gasteiger partial charge in [0.1, 0.15) is 5.15 Å². The van der Waals surface area contributed by atoms with Crippen molar-refractivity contribution in [3.8, 4) is 34.0 Å². The van der Waals surface area contributed by atoms with Crippen LogP contribution in [0.4, 0.5) is 0 Å². The SMILES string of the molecule is Cc1c(Cl)nc(Cl)nc1-c1cc(-c2ccc3c(c2)OCO3)c[nH]1. The summed E-state index contributed by atoms with van der Waals surface area (Å²) in [4.78, 5) is 11.4. The number of nitrogens with zero attached hydrogens (tertiary/aromatic N) is 2. The highest BCUT2D eigenvalue weighted by Gasteiger charge is 2.16. The Hall–Kier alpha value is -2.24. The maximum atomic E-state index is 6.08. The number of benzene rings is 1. The Kier molecular flexibility index (Phi) is 3.39. The van der Waals surface area contributed by atoms with Gasteiger partial charge in [0, 0.05) is 11.8 Å². The number of fused-ring (bicyclic) bond motifs is 1. The summed E-state index contributed by atoms with van der Waals surface area (Å²) in [5, 5.41) is 0.467. The quantitative estimate of drug-likeness (QED) is 0.548. The van der Waals surface area contributed by atoms with Crippen LogP contribution in [0.3, 0.4) is 0 Å². The van der Waals surface area contributed by atoms with Crippen molar-refractivity contribution in [2.45, 2.75) is 6.92 Å². The van der Waals surface area contributed by atoms with Gasteiger partial charge in [0.25, 0.3) is 0 Å². The predicted octanol–water partition coefficient (Wildman–Crippen LogP) is 4.48. The number of H-pyrrole nitrogens is 1. The van der Waals surface area contributed by atoms with Gasteiger partial charge in [-0.1, -0.05) is 17.7 Å². The van der Waals surface area contributed by atoms with Crippen LogP contribution in [0.15, 0.2) is 30.5 Å². The molecule has 0 spiro atoms. The zero-order valence-electron chi connectivity index (χ0n) is 12.1. The summed E-state index contributed by atoms with van der Waals surface area (Å²) in [7, 11) is 0. The van der Waals surface area contributed by atoms with Gasteiger partial charge in [-0.3, -0.25) is 0 Å². The number of aromatic amines is 1. The molecule has 3 aromatic rings. The van der Waals surface area contributed by atoms with Gasteiger partial charge in [-0.15, -0.1) is 0 Å². The fourth-order valence-corrected chi connectivity index (χ4v) is 2.88. The topological polar surface area (TPSA) is 60.0 Å². The number of hydrogen-bond donors (Lipinski definition) is 1. The zero-order valence-corrected chi connectivity index (χ0v) is 13.6. The molecule has 7 heteroatoms. The van der Waals surface area contributed by atoms with Crippen molar-refractivity contribution >= 4 is 23.2 Å². The molecule has 3 heterocycles. The van der Waals surface area contributed by atoms with Crippen LogP contribution in [0.2, 0.25) is 10.4 Å². The van der Waals surface area contributed by atoms with Crippen LogP contribution in [0, 0.1) is 6.92 Å². The highest BCUT2D eigenvalue weighted by molar-refractivity contribution is 6.32. The molecule has 0 unspecified atom stereocenters. The molecule has 1 aliphatic rings. The third kappa shape index (κ3) is 2.52. The molecule has 0 saturated carbocycles. The van der Waals surface area contributed by atoms with Gasteiger partial charge in [-0.25, -0.2) is 9.97 Å². The van der Waals surface area contributed by atoms with Gasteiger partial charge < -0.3 is 14.5 Å². The molecule has 2 aromatic heterocycles. The number of aromatic nitrogens is 3. The molecule has 0 amide bonds. The van der Waals surface area contributed by atoms with Gasteiger partial charge in [-0.05, 0) is 47.9 Å². The summed E-state index contributed by atoms with van der Waals surface area (Å²) in [6.07, 6.45) is 1.90. The summed E-state index contributed by atoms with van der Waals surface area (Å²) < 4.78 is 10.7. The molecule has 23 heavy (non-hydrogen) atoms. The molecule has 1 aromatic carbocycles. The molecule has 1 aliphatic heterocycles. The van der Waals surface area contributed by atoms with Crippen LogP contribution in [0.5, 0.6) is 11.5 Å². The Labute approximate surface area is 142 Å². The van der Waals surface area contributed by atoms with Crippen LogP contribution in [-0.4, -0.2) is 21.7 Å². The summed E-state index contributed by atoms with van der Waals surface area (Å²) in [6, 6.07) is 7.81. The Morgan fingerprint density at radius 2 is 1.87 bits per heavy atom. The number of nitrogens with one attached hydrogen (secondary N) is 1. The van der Waals surface area contributed by atoms with Crippen LogP contribution >= 0.6 is 23.2 Å². The first-order chi connectivity index (χ1) is 11.1. The predicted molar refractivity (Wildman–Crippen MR) is 88.1 cm³/mol. The summed E-state index contributed by atoms with van der Waals surface area (Å²) in [5.41, 5.74) is 4.29. The second kappa shape index (κ2) is 5.44. The molecule has 116 valence electrons. The second-order valence-corrected chi connectivity index (χ2v) is 5.82. The van der Waals surface area contributed by atoms with Crippen LogP contribution in [0.25, 0.3) is 22.5 Å². The summed E-state index contributed by atoms with van der Waals surface area (Å²) >= 11 is 12.0. The molecule has 0 aliphatic carbocycles. The lowest BCUT2D eigenvalue weighted by molar-refractivity contribution is 0.174. The first-order valence-electron chi connectivity index (χ1n) is 6.90. The molecular weight excluding hydrogens is 337 g/mol. The van der Waals surface area contributed by atoms with E-state index < -0.39 is 0 Å². The third-order valence-electron chi connectivity index (χ3n) is 3.70. The smallest absolute Gasteiger partial charge is 0.231 e. The maximum Gasteiger partial charge on any atom is 0.231 e. The molecular formula is C16H11Cl2N3O2. The lowest BCUT2D eigenvalue weighted by Gasteiger charge is -2.04. The van der Waals surface area contributed by atoms with Gasteiger partial charge in [-0.2, -0.15) is 0 Å². The van der Waals surface area contributed by atoms with Crippen molar-refractivity contribution in [1.29, 1.82) is 0 Å². The first-order valence-corrected chi connectivity index (χ1v) is 7.66. The van der Waals surface area contributed by atoms with E-state index in [0.29, 0.717) is 10.8 Å². The van der Waals surface area contributed by atoms with Crippen molar-refractivity contribution in [1.82, 2.24) is 15.0 Å². The fraction of sp³-hybridized carbons (Fsp3) is 0.125. The van der Waals surface area contributed by atoms with Gasteiger partial charge in [0.2, 0.25) is 12.1 Å². The molecule has 0 bridgehead atoms. The number of halogens is 2. The summed E-state index contributed by atoms with van der Waals surface area (Å²) in [5.74, 6) is 1.50. The van der Waals surface area contributed by atoms with E-state index >= 15 is 0 Å². The monoisotopic (exact) mass is 347 g/mol. The number of hydrogen-bond acceptors (Lipinski definition) is 4. The normalized spacial score (nSPS) is 12.7. The highest BCUT2D eigenvalue weighted by atomic mass is 35.5. The highest BCUT2D eigenvalue weighted by Crippen LogP contribution is 2.37.